The molecule has 0 saturated heterocycles. The molecule has 0 radical (unpaired) electrons. The molecule has 3 N–H and O–H groups in total. The zero-order valence-corrected chi connectivity index (χ0v) is 8.60. The lowest BCUT2D eigenvalue weighted by Crippen LogP contribution is -1.86. The maximum absolute atomic E-state index is 8.97. The summed E-state index contributed by atoms with van der Waals surface area (Å²) >= 11 is 1.47. The first-order chi connectivity index (χ1) is 6.76. The summed E-state index contributed by atoms with van der Waals surface area (Å²) in [6.07, 6.45) is 0. The summed E-state index contributed by atoms with van der Waals surface area (Å²) in [6, 6.07) is 5.72. The van der Waals surface area contributed by atoms with Crippen LogP contribution >= 0.6 is 11.3 Å². The van der Waals surface area contributed by atoms with E-state index >= 15 is 0 Å². The predicted octanol–water partition coefficient (Wildman–Crippen LogP) is 1.98. The topological polar surface area (TPSA) is 55.5 Å². The minimum absolute atomic E-state index is 0.0516. The van der Waals surface area contributed by atoms with Gasteiger partial charge in [-0.1, -0.05) is 6.07 Å². The maximum Gasteiger partial charge on any atom is 0.160 e. The van der Waals surface area contributed by atoms with Gasteiger partial charge in [-0.2, -0.15) is 0 Å². The molecule has 0 saturated carbocycles. The van der Waals surface area contributed by atoms with E-state index in [9.17, 15) is 0 Å². The molecule has 14 heavy (non-hydrogen) atoms. The van der Waals surface area contributed by atoms with Gasteiger partial charge in [-0.25, -0.2) is 0 Å². The van der Waals surface area contributed by atoms with Gasteiger partial charge in [0, 0.05) is 10.1 Å². The molecule has 2 aromatic rings. The Morgan fingerprint density at radius 2 is 2.29 bits per heavy atom. The van der Waals surface area contributed by atoms with Crippen molar-refractivity contribution in [3.8, 4) is 5.75 Å². The lowest BCUT2D eigenvalue weighted by molar-refractivity contribution is 0.282. The van der Waals surface area contributed by atoms with E-state index in [1.54, 1.807) is 7.11 Å². The summed E-state index contributed by atoms with van der Waals surface area (Å²) in [5, 5.41) is 10.7. The van der Waals surface area contributed by atoms with E-state index in [0.29, 0.717) is 5.00 Å². The molecule has 74 valence electrons. The molecule has 0 spiro atoms. The Labute approximate surface area is 85.7 Å². The third kappa shape index (κ3) is 1.32. The highest BCUT2D eigenvalue weighted by Gasteiger charge is 2.09. The molecule has 1 heterocycles. The number of rotatable bonds is 2. The molecule has 0 atom stereocenters. The summed E-state index contributed by atoms with van der Waals surface area (Å²) in [5.74, 6) is 0.731. The van der Waals surface area contributed by atoms with E-state index in [4.69, 9.17) is 15.6 Å². The van der Waals surface area contributed by atoms with Crippen LogP contribution in [0.15, 0.2) is 18.2 Å². The number of ether oxygens (including phenoxy) is 1. The summed E-state index contributed by atoms with van der Waals surface area (Å²) in [6.45, 7) is 0.0516. The van der Waals surface area contributed by atoms with Gasteiger partial charge in [0.25, 0.3) is 0 Å². The van der Waals surface area contributed by atoms with Gasteiger partial charge in [-0.05, 0) is 17.7 Å². The number of nitrogen functional groups attached to an aromatic ring is 1. The Morgan fingerprint density at radius 3 is 2.93 bits per heavy atom. The largest absolute Gasteiger partial charge is 0.493 e. The van der Waals surface area contributed by atoms with Crippen molar-refractivity contribution in [2.45, 2.75) is 6.61 Å². The van der Waals surface area contributed by atoms with Crippen molar-refractivity contribution in [2.24, 2.45) is 0 Å². The molecule has 0 fully saturated rings. The molecule has 1 aromatic heterocycles. The fourth-order valence-corrected chi connectivity index (χ4v) is 2.45. The molecule has 0 bridgehead atoms. The zero-order valence-electron chi connectivity index (χ0n) is 7.78. The second kappa shape index (κ2) is 3.48. The molecule has 3 nitrogen and oxygen atoms in total. The number of thiophene rings is 1. The predicted molar refractivity (Wildman–Crippen MR) is 58.7 cm³/mol. The summed E-state index contributed by atoms with van der Waals surface area (Å²) in [4.78, 5) is 0. The van der Waals surface area contributed by atoms with Crippen molar-refractivity contribution in [3.05, 3.63) is 23.8 Å². The van der Waals surface area contributed by atoms with Crippen molar-refractivity contribution >= 4 is 26.4 Å². The van der Waals surface area contributed by atoms with Gasteiger partial charge in [0.05, 0.1) is 13.7 Å². The van der Waals surface area contributed by atoms with Gasteiger partial charge in [-0.3, -0.25) is 0 Å². The number of aliphatic hydroxyl groups is 1. The van der Waals surface area contributed by atoms with Crippen LogP contribution in [-0.2, 0) is 6.61 Å². The van der Waals surface area contributed by atoms with Crippen LogP contribution in [0.5, 0.6) is 5.75 Å². The fraction of sp³-hybridized carbons (Fsp3) is 0.200. The Hall–Kier alpha value is -1.26. The van der Waals surface area contributed by atoms with E-state index < -0.39 is 0 Å². The van der Waals surface area contributed by atoms with E-state index in [0.717, 1.165) is 21.4 Å². The minimum Gasteiger partial charge on any atom is -0.493 e. The molecule has 0 aliphatic rings. The van der Waals surface area contributed by atoms with Gasteiger partial charge in [0.2, 0.25) is 0 Å². The summed E-state index contributed by atoms with van der Waals surface area (Å²) in [7, 11) is 1.61. The van der Waals surface area contributed by atoms with Crippen LogP contribution in [0.4, 0.5) is 5.00 Å². The normalized spacial score (nSPS) is 10.7. The molecular weight excluding hydrogens is 198 g/mol. The average Bonchev–Trinajstić information content (AvgIpc) is 2.51. The van der Waals surface area contributed by atoms with Gasteiger partial charge in [0.1, 0.15) is 5.00 Å². The standard InChI is InChI=1S/C10H11NO2S/c1-13-9-7-3-2-6(5-12)4-8(7)14-10(9)11/h2-4,12H,5,11H2,1H3. The second-order valence-corrected chi connectivity index (χ2v) is 4.07. The maximum atomic E-state index is 8.97. The Kier molecular flexibility index (Phi) is 2.31. The third-order valence-corrected chi connectivity index (χ3v) is 3.08. The lowest BCUT2D eigenvalue weighted by Gasteiger charge is -1.99. The van der Waals surface area contributed by atoms with Crippen LogP contribution in [0.2, 0.25) is 0 Å². The van der Waals surface area contributed by atoms with E-state index in [2.05, 4.69) is 0 Å². The smallest absolute Gasteiger partial charge is 0.160 e. The van der Waals surface area contributed by atoms with E-state index in [-0.39, 0.29) is 6.61 Å². The Balaban J connectivity index is 2.68. The van der Waals surface area contributed by atoms with Crippen LogP contribution < -0.4 is 10.5 Å². The average molecular weight is 209 g/mol. The third-order valence-electron chi connectivity index (χ3n) is 2.12. The number of hydrogen-bond donors (Lipinski definition) is 2. The van der Waals surface area contributed by atoms with Gasteiger partial charge in [0.15, 0.2) is 5.75 Å². The second-order valence-electron chi connectivity index (χ2n) is 2.99. The van der Waals surface area contributed by atoms with Crippen molar-refractivity contribution in [1.29, 1.82) is 0 Å². The van der Waals surface area contributed by atoms with Gasteiger partial charge >= 0.3 is 0 Å². The van der Waals surface area contributed by atoms with Crippen molar-refractivity contribution in [3.63, 3.8) is 0 Å². The zero-order chi connectivity index (χ0) is 10.1. The monoisotopic (exact) mass is 209 g/mol. The first-order valence-electron chi connectivity index (χ1n) is 4.22. The summed E-state index contributed by atoms with van der Waals surface area (Å²) in [5.41, 5.74) is 6.68. The highest BCUT2D eigenvalue weighted by Crippen LogP contribution is 2.40. The number of fused-ring (bicyclic) bond motifs is 1. The molecular formula is C10H11NO2S. The van der Waals surface area contributed by atoms with Crippen molar-refractivity contribution < 1.29 is 9.84 Å². The fourth-order valence-electron chi connectivity index (χ4n) is 1.45. The van der Waals surface area contributed by atoms with Crippen molar-refractivity contribution in [2.75, 3.05) is 12.8 Å². The highest BCUT2D eigenvalue weighted by atomic mass is 32.1. The van der Waals surface area contributed by atoms with Crippen LogP contribution in [0, 0.1) is 0 Å². The first-order valence-corrected chi connectivity index (χ1v) is 5.03. The van der Waals surface area contributed by atoms with Gasteiger partial charge in [-0.15, -0.1) is 11.3 Å². The van der Waals surface area contributed by atoms with Crippen molar-refractivity contribution in [1.82, 2.24) is 0 Å². The van der Waals surface area contributed by atoms with Crippen LogP contribution in [0.1, 0.15) is 5.56 Å². The molecule has 4 heteroatoms. The van der Waals surface area contributed by atoms with E-state index in [1.165, 1.54) is 11.3 Å². The molecule has 2 rings (SSSR count). The summed E-state index contributed by atoms with van der Waals surface area (Å²) < 4.78 is 6.24. The molecule has 0 aliphatic carbocycles. The quantitative estimate of drug-likeness (QED) is 0.795. The number of methoxy groups -OCH3 is 1. The van der Waals surface area contributed by atoms with Crippen LogP contribution in [0.25, 0.3) is 10.1 Å². The highest BCUT2D eigenvalue weighted by molar-refractivity contribution is 7.23. The SMILES string of the molecule is COc1c(N)sc2cc(CO)ccc12. The van der Waals surface area contributed by atoms with Gasteiger partial charge < -0.3 is 15.6 Å². The molecule has 1 aromatic carbocycles. The lowest BCUT2D eigenvalue weighted by atomic mass is 10.2. The minimum atomic E-state index is 0.0516. The molecule has 0 amide bonds. The van der Waals surface area contributed by atoms with E-state index in [1.807, 2.05) is 18.2 Å². The number of nitrogens with two attached hydrogens (primary N) is 1. The molecule has 0 aliphatic heterocycles. The first kappa shape index (κ1) is 9.30. The Bertz CT molecular complexity index is 464. The number of aliphatic hydroxyl groups excluding tert-OH is 1. The number of anilines is 1. The Morgan fingerprint density at radius 1 is 1.50 bits per heavy atom. The number of hydrogen-bond acceptors (Lipinski definition) is 4. The van der Waals surface area contributed by atoms with Crippen LogP contribution in [0.3, 0.4) is 0 Å². The molecule has 0 unspecified atom stereocenters. The number of benzene rings is 1. The van der Waals surface area contributed by atoms with Crippen LogP contribution in [-0.4, -0.2) is 12.2 Å².